The Morgan fingerprint density at radius 1 is 1.34 bits per heavy atom. The SMILES string of the molecule is C#Cc1cncc(C(=C)NC(C=N/C=C/C(C)CC)=NCCc2c[nH]c3ccccc23)c1. The standard InChI is InChI=1S/C27H29N5/c1-5-20(3)11-13-28-19-27(32-21(4)24-15-22(6-2)16-29-17-24)30-14-12-23-18-31-26-10-8-7-9-25(23)26/h2,7-11,13,15-20,31H,4-5,12,14H2,1,3H3,(H,30,32)/b13-11+,28-19?. The number of pyridine rings is 1. The number of nitrogens with zero attached hydrogens (tertiary/aromatic N) is 3. The summed E-state index contributed by atoms with van der Waals surface area (Å²) in [5.41, 5.74) is 4.55. The fourth-order valence-corrected chi connectivity index (χ4v) is 3.10. The highest BCUT2D eigenvalue weighted by Crippen LogP contribution is 2.18. The molecule has 162 valence electrons. The maximum atomic E-state index is 5.49. The van der Waals surface area contributed by atoms with Gasteiger partial charge in [0.15, 0.2) is 0 Å². The first-order valence-corrected chi connectivity index (χ1v) is 10.8. The van der Waals surface area contributed by atoms with E-state index in [0.29, 0.717) is 29.6 Å². The summed E-state index contributed by atoms with van der Waals surface area (Å²) >= 11 is 0. The minimum Gasteiger partial charge on any atom is -0.361 e. The van der Waals surface area contributed by atoms with Crippen molar-refractivity contribution in [3.8, 4) is 12.3 Å². The third-order valence-corrected chi connectivity index (χ3v) is 5.21. The molecule has 2 N–H and O–H groups in total. The molecule has 3 rings (SSSR count). The van der Waals surface area contributed by atoms with Gasteiger partial charge in [0.2, 0.25) is 0 Å². The summed E-state index contributed by atoms with van der Waals surface area (Å²) in [5.74, 6) is 3.71. The number of hydrogen-bond acceptors (Lipinski definition) is 3. The summed E-state index contributed by atoms with van der Waals surface area (Å²) in [6.07, 6.45) is 18.4. The molecule has 2 heterocycles. The van der Waals surface area contributed by atoms with Gasteiger partial charge in [-0.15, -0.1) is 6.42 Å². The number of nitrogens with one attached hydrogen (secondary N) is 2. The number of aliphatic imine (C=N–C) groups is 2. The van der Waals surface area contributed by atoms with E-state index in [9.17, 15) is 0 Å². The van der Waals surface area contributed by atoms with Gasteiger partial charge in [0.1, 0.15) is 5.84 Å². The summed E-state index contributed by atoms with van der Waals surface area (Å²) in [6.45, 7) is 9.05. The second-order valence-electron chi connectivity index (χ2n) is 7.59. The van der Waals surface area contributed by atoms with Crippen LogP contribution in [0.4, 0.5) is 0 Å². The Morgan fingerprint density at radius 3 is 3.00 bits per heavy atom. The average molecular weight is 424 g/mol. The molecule has 0 saturated carbocycles. The van der Waals surface area contributed by atoms with E-state index in [0.717, 1.165) is 23.9 Å². The van der Waals surface area contributed by atoms with E-state index in [1.54, 1.807) is 18.6 Å². The first-order valence-electron chi connectivity index (χ1n) is 10.8. The molecule has 3 aromatic rings. The Hall–Kier alpha value is -3.91. The zero-order chi connectivity index (χ0) is 22.8. The molecule has 0 saturated heterocycles. The van der Waals surface area contributed by atoms with Crippen LogP contribution in [-0.2, 0) is 6.42 Å². The van der Waals surface area contributed by atoms with Gasteiger partial charge in [-0.25, -0.2) is 0 Å². The summed E-state index contributed by atoms with van der Waals surface area (Å²) in [5, 5.41) is 4.49. The lowest BCUT2D eigenvalue weighted by molar-refractivity contribution is 0.697. The number of H-pyrrole nitrogens is 1. The lowest BCUT2D eigenvalue weighted by Gasteiger charge is -2.10. The third-order valence-electron chi connectivity index (χ3n) is 5.21. The number of benzene rings is 1. The molecule has 1 atom stereocenters. The highest BCUT2D eigenvalue weighted by Gasteiger charge is 2.05. The molecule has 2 aromatic heterocycles. The van der Waals surface area contributed by atoms with E-state index in [2.05, 4.69) is 70.9 Å². The van der Waals surface area contributed by atoms with Crippen molar-refractivity contribution in [3.63, 3.8) is 0 Å². The zero-order valence-electron chi connectivity index (χ0n) is 18.7. The largest absolute Gasteiger partial charge is 0.361 e. The number of aromatic amines is 1. The van der Waals surface area contributed by atoms with Crippen LogP contribution >= 0.6 is 0 Å². The normalized spacial score (nSPS) is 13.0. The Bertz CT molecular complexity index is 1190. The highest BCUT2D eigenvalue weighted by molar-refractivity contribution is 6.31. The second kappa shape index (κ2) is 11.5. The van der Waals surface area contributed by atoms with Crippen molar-refractivity contribution in [2.75, 3.05) is 6.54 Å². The van der Waals surface area contributed by atoms with Crippen LogP contribution in [0.25, 0.3) is 16.6 Å². The fourth-order valence-electron chi connectivity index (χ4n) is 3.10. The van der Waals surface area contributed by atoms with Gasteiger partial charge < -0.3 is 10.3 Å². The molecule has 5 nitrogen and oxygen atoms in total. The van der Waals surface area contributed by atoms with Crippen molar-refractivity contribution < 1.29 is 0 Å². The summed E-state index contributed by atoms with van der Waals surface area (Å²) in [7, 11) is 0. The summed E-state index contributed by atoms with van der Waals surface area (Å²) in [4.78, 5) is 16.6. The minimum atomic E-state index is 0.481. The average Bonchev–Trinajstić information content (AvgIpc) is 3.24. The topological polar surface area (TPSA) is 65.4 Å². The quantitative estimate of drug-likeness (QED) is 0.276. The molecule has 0 aliphatic heterocycles. The molecule has 0 amide bonds. The molecule has 1 aromatic carbocycles. The van der Waals surface area contributed by atoms with Gasteiger partial charge in [0.25, 0.3) is 0 Å². The highest BCUT2D eigenvalue weighted by atomic mass is 15.0. The predicted octanol–water partition coefficient (Wildman–Crippen LogP) is 5.38. The van der Waals surface area contributed by atoms with Gasteiger partial charge in [-0.05, 0) is 30.0 Å². The van der Waals surface area contributed by atoms with Gasteiger partial charge in [-0.2, -0.15) is 0 Å². The van der Waals surface area contributed by atoms with Crippen LogP contribution in [0, 0.1) is 18.3 Å². The van der Waals surface area contributed by atoms with Crippen LogP contribution in [0.1, 0.15) is 37.0 Å². The molecule has 0 radical (unpaired) electrons. The first-order chi connectivity index (χ1) is 15.6. The fraction of sp³-hybridized carbons (Fsp3) is 0.222. The Labute approximate surface area is 190 Å². The minimum absolute atomic E-state index is 0.481. The lowest BCUT2D eigenvalue weighted by atomic mass is 10.1. The van der Waals surface area contributed by atoms with Gasteiger partial charge in [-0.1, -0.05) is 57.0 Å². The van der Waals surface area contributed by atoms with Crippen molar-refractivity contribution in [3.05, 3.63) is 84.5 Å². The molecule has 0 aliphatic rings. The molecular formula is C27H29N5. The van der Waals surface area contributed by atoms with Crippen LogP contribution in [0.15, 0.2) is 77.8 Å². The smallest absolute Gasteiger partial charge is 0.144 e. The van der Waals surface area contributed by atoms with E-state index < -0.39 is 0 Å². The number of fused-ring (bicyclic) bond motifs is 1. The molecule has 0 bridgehead atoms. The summed E-state index contributed by atoms with van der Waals surface area (Å²) in [6, 6.07) is 10.1. The van der Waals surface area contributed by atoms with Crippen molar-refractivity contribution in [1.82, 2.24) is 15.3 Å². The van der Waals surface area contributed by atoms with Crippen molar-refractivity contribution in [2.24, 2.45) is 15.9 Å². The van der Waals surface area contributed by atoms with Gasteiger partial charge in [0.05, 0.1) is 6.21 Å². The zero-order valence-corrected chi connectivity index (χ0v) is 18.7. The molecule has 1 unspecified atom stereocenters. The number of allylic oxidation sites excluding steroid dienone is 1. The monoisotopic (exact) mass is 423 g/mol. The second-order valence-corrected chi connectivity index (χ2v) is 7.59. The lowest BCUT2D eigenvalue weighted by Crippen LogP contribution is -2.23. The Kier molecular flexibility index (Phi) is 8.16. The van der Waals surface area contributed by atoms with Crippen molar-refractivity contribution >= 4 is 28.7 Å². The summed E-state index contributed by atoms with van der Waals surface area (Å²) < 4.78 is 0. The number of rotatable bonds is 9. The van der Waals surface area contributed by atoms with E-state index in [4.69, 9.17) is 11.4 Å². The van der Waals surface area contributed by atoms with Crippen LogP contribution in [0.2, 0.25) is 0 Å². The maximum absolute atomic E-state index is 5.49. The molecule has 32 heavy (non-hydrogen) atoms. The van der Waals surface area contributed by atoms with E-state index in [-0.39, 0.29) is 0 Å². The van der Waals surface area contributed by atoms with Crippen molar-refractivity contribution in [2.45, 2.75) is 26.7 Å². The molecule has 0 aliphatic carbocycles. The van der Waals surface area contributed by atoms with E-state index in [1.165, 1.54) is 10.9 Å². The number of hydrogen-bond donors (Lipinski definition) is 2. The van der Waals surface area contributed by atoms with Gasteiger partial charge in [0, 0.05) is 59.1 Å². The van der Waals surface area contributed by atoms with Crippen LogP contribution in [0.3, 0.4) is 0 Å². The van der Waals surface area contributed by atoms with Crippen LogP contribution < -0.4 is 5.32 Å². The Morgan fingerprint density at radius 2 is 2.19 bits per heavy atom. The van der Waals surface area contributed by atoms with E-state index >= 15 is 0 Å². The first kappa shape index (κ1) is 22.8. The van der Waals surface area contributed by atoms with Crippen molar-refractivity contribution in [1.29, 1.82) is 0 Å². The number of terminal acetylenes is 1. The van der Waals surface area contributed by atoms with Gasteiger partial charge in [-0.3, -0.25) is 15.0 Å². The number of aromatic nitrogens is 2. The number of amidine groups is 1. The van der Waals surface area contributed by atoms with Crippen LogP contribution in [-0.4, -0.2) is 28.6 Å². The maximum Gasteiger partial charge on any atom is 0.144 e. The molecular weight excluding hydrogens is 394 g/mol. The molecule has 5 heteroatoms. The predicted molar refractivity (Wildman–Crippen MR) is 136 cm³/mol. The molecule has 0 fully saturated rings. The Balaban J connectivity index is 1.74. The molecule has 0 spiro atoms. The third kappa shape index (κ3) is 6.29. The van der Waals surface area contributed by atoms with E-state index in [1.807, 2.05) is 24.5 Å². The van der Waals surface area contributed by atoms with Gasteiger partial charge >= 0.3 is 0 Å². The number of para-hydroxylation sites is 1. The van der Waals surface area contributed by atoms with Crippen LogP contribution in [0.5, 0.6) is 0 Å².